The maximum absolute atomic E-state index is 12.6. The van der Waals surface area contributed by atoms with E-state index in [1.165, 1.54) is 0 Å². The summed E-state index contributed by atoms with van der Waals surface area (Å²) in [5.41, 5.74) is 0.961. The van der Waals surface area contributed by atoms with Crippen LogP contribution in [-0.4, -0.2) is 60.8 Å². The van der Waals surface area contributed by atoms with Crippen molar-refractivity contribution in [2.45, 2.75) is 57.2 Å². The Bertz CT molecular complexity index is 900. The van der Waals surface area contributed by atoms with Gasteiger partial charge in [-0.2, -0.15) is 4.98 Å². The molecule has 3 N–H and O–H groups in total. The zero-order chi connectivity index (χ0) is 23.6. The molecule has 0 aliphatic heterocycles. The summed E-state index contributed by atoms with van der Waals surface area (Å²) in [6.45, 7) is 2.03. The van der Waals surface area contributed by atoms with Gasteiger partial charge in [0.15, 0.2) is 0 Å². The van der Waals surface area contributed by atoms with Crippen molar-refractivity contribution in [1.82, 2.24) is 20.6 Å². The quantitative estimate of drug-likeness (QED) is 0.500. The van der Waals surface area contributed by atoms with E-state index in [1.807, 2.05) is 55.4 Å². The summed E-state index contributed by atoms with van der Waals surface area (Å²) < 4.78 is 5.16. The van der Waals surface area contributed by atoms with Crippen molar-refractivity contribution in [2.24, 2.45) is 0 Å². The number of anilines is 2. The minimum atomic E-state index is -0.730. The largest absolute Gasteiger partial charge is 0.464 e. The second kappa shape index (κ2) is 12.0. The Morgan fingerprint density at radius 2 is 1.79 bits per heavy atom. The number of rotatable bonds is 9. The van der Waals surface area contributed by atoms with E-state index in [2.05, 4.69) is 25.9 Å². The lowest BCUT2D eigenvalue weighted by Gasteiger charge is -2.30. The maximum Gasteiger partial charge on any atom is 0.329 e. The summed E-state index contributed by atoms with van der Waals surface area (Å²) in [6.07, 6.45) is 5.59. The number of hydrogen-bond acceptors (Lipinski definition) is 7. The molecule has 1 aromatic heterocycles. The van der Waals surface area contributed by atoms with Crippen LogP contribution < -0.4 is 20.9 Å². The van der Waals surface area contributed by atoms with Crippen LogP contribution in [0.15, 0.2) is 42.6 Å². The first kappa shape index (κ1) is 24.3. The number of nitrogens with one attached hydrogen (secondary N) is 3. The van der Waals surface area contributed by atoms with Gasteiger partial charge in [0.05, 0.1) is 6.61 Å². The van der Waals surface area contributed by atoms with Crippen molar-refractivity contribution in [3.05, 3.63) is 48.2 Å². The smallest absolute Gasteiger partial charge is 0.329 e. The van der Waals surface area contributed by atoms with E-state index in [4.69, 9.17) is 4.74 Å². The lowest BCUT2D eigenvalue weighted by atomic mass is 9.91. The number of carbonyl (C=O) groups is 2. The standard InChI is InChI=1S/C24H34N6O3/c1-4-33-22(31)20(16-17-8-6-5-7-9-17)28-24(32)27-19-12-10-18(11-13-19)26-23-25-15-14-21(29-23)30(2)3/h5-9,14-15,18-20H,4,10-13,16H2,1-3H3,(H,25,26,29)(H2,27,28,32)/t18-,19+,20?. The molecule has 2 aromatic rings. The van der Waals surface area contributed by atoms with Gasteiger partial charge in [0.25, 0.3) is 0 Å². The van der Waals surface area contributed by atoms with Crippen molar-refractivity contribution in [1.29, 1.82) is 0 Å². The third-order valence-corrected chi connectivity index (χ3v) is 5.65. The summed E-state index contributed by atoms with van der Waals surface area (Å²) in [5.74, 6) is 1.05. The van der Waals surface area contributed by atoms with Crippen molar-refractivity contribution in [3.63, 3.8) is 0 Å². The molecule has 1 aliphatic rings. The molecule has 0 saturated heterocycles. The highest BCUT2D eigenvalue weighted by Crippen LogP contribution is 2.21. The van der Waals surface area contributed by atoms with Crippen LogP contribution in [0, 0.1) is 0 Å². The number of carbonyl (C=O) groups excluding carboxylic acids is 2. The van der Waals surface area contributed by atoms with Crippen LogP contribution >= 0.6 is 0 Å². The molecule has 1 unspecified atom stereocenters. The van der Waals surface area contributed by atoms with E-state index in [0.717, 1.165) is 37.1 Å². The lowest BCUT2D eigenvalue weighted by Crippen LogP contribution is -2.51. The molecule has 0 bridgehead atoms. The Morgan fingerprint density at radius 1 is 1.09 bits per heavy atom. The molecule has 2 amide bonds. The number of esters is 1. The van der Waals surface area contributed by atoms with Crippen LogP contribution in [0.25, 0.3) is 0 Å². The molecule has 9 nitrogen and oxygen atoms in total. The topological polar surface area (TPSA) is 108 Å². The molecule has 1 saturated carbocycles. The number of aromatic nitrogens is 2. The van der Waals surface area contributed by atoms with Gasteiger partial charge in [0.2, 0.25) is 5.95 Å². The molecular formula is C24H34N6O3. The molecule has 1 fully saturated rings. The van der Waals surface area contributed by atoms with Crippen molar-refractivity contribution in [3.8, 4) is 0 Å². The van der Waals surface area contributed by atoms with Gasteiger partial charge in [-0.1, -0.05) is 30.3 Å². The molecule has 178 valence electrons. The maximum atomic E-state index is 12.6. The monoisotopic (exact) mass is 454 g/mol. The van der Waals surface area contributed by atoms with Gasteiger partial charge in [-0.05, 0) is 44.2 Å². The van der Waals surface area contributed by atoms with Gasteiger partial charge in [-0.25, -0.2) is 14.6 Å². The Balaban J connectivity index is 1.48. The number of benzene rings is 1. The fraction of sp³-hybridized carbons (Fsp3) is 0.500. The molecule has 9 heteroatoms. The first-order valence-electron chi connectivity index (χ1n) is 11.5. The number of hydrogen-bond donors (Lipinski definition) is 3. The highest BCUT2D eigenvalue weighted by molar-refractivity contribution is 5.84. The first-order chi connectivity index (χ1) is 15.9. The molecule has 3 rings (SSSR count). The minimum Gasteiger partial charge on any atom is -0.464 e. The average Bonchev–Trinajstić information content (AvgIpc) is 2.81. The Kier molecular flexibility index (Phi) is 8.86. The highest BCUT2D eigenvalue weighted by atomic mass is 16.5. The molecule has 1 aromatic carbocycles. The second-order valence-corrected chi connectivity index (χ2v) is 8.44. The molecule has 0 radical (unpaired) electrons. The molecule has 1 atom stereocenters. The van der Waals surface area contributed by atoms with E-state index in [-0.39, 0.29) is 24.7 Å². The van der Waals surface area contributed by atoms with Gasteiger partial charge in [-0.15, -0.1) is 0 Å². The van der Waals surface area contributed by atoms with Crippen molar-refractivity contribution in [2.75, 3.05) is 30.9 Å². The van der Waals surface area contributed by atoms with Gasteiger partial charge in [-0.3, -0.25) is 0 Å². The summed E-state index contributed by atoms with van der Waals surface area (Å²) in [5, 5.41) is 9.22. The van der Waals surface area contributed by atoms with Crippen LogP contribution in [0.4, 0.5) is 16.6 Å². The van der Waals surface area contributed by atoms with Crippen LogP contribution in [0.2, 0.25) is 0 Å². The summed E-state index contributed by atoms with van der Waals surface area (Å²) in [7, 11) is 3.89. The molecule has 1 aliphatic carbocycles. The van der Waals surface area contributed by atoms with E-state index >= 15 is 0 Å². The summed E-state index contributed by atoms with van der Waals surface area (Å²) >= 11 is 0. The predicted octanol–water partition coefficient (Wildman–Crippen LogP) is 2.74. The average molecular weight is 455 g/mol. The van der Waals surface area contributed by atoms with Gasteiger partial charge in [0.1, 0.15) is 11.9 Å². The summed E-state index contributed by atoms with van der Waals surface area (Å²) in [6, 6.07) is 10.7. The SMILES string of the molecule is CCOC(=O)C(Cc1ccccc1)NC(=O)N[C@H]1CC[C@@H](Nc2nccc(N(C)C)n2)CC1. The second-order valence-electron chi connectivity index (χ2n) is 8.44. The third-order valence-electron chi connectivity index (χ3n) is 5.65. The van der Waals surface area contributed by atoms with E-state index in [1.54, 1.807) is 13.1 Å². The number of nitrogens with zero attached hydrogens (tertiary/aromatic N) is 3. The molecule has 1 heterocycles. The zero-order valence-electron chi connectivity index (χ0n) is 19.6. The van der Waals surface area contributed by atoms with Crippen LogP contribution in [-0.2, 0) is 16.0 Å². The predicted molar refractivity (Wildman–Crippen MR) is 128 cm³/mol. The molecule has 33 heavy (non-hydrogen) atoms. The first-order valence-corrected chi connectivity index (χ1v) is 11.5. The molecular weight excluding hydrogens is 420 g/mol. The van der Waals surface area contributed by atoms with Gasteiger partial charge in [0, 0.05) is 38.8 Å². The number of urea groups is 1. The third kappa shape index (κ3) is 7.62. The molecule has 0 spiro atoms. The Labute approximate surface area is 195 Å². The summed E-state index contributed by atoms with van der Waals surface area (Å²) in [4.78, 5) is 35.8. The zero-order valence-corrected chi connectivity index (χ0v) is 19.6. The minimum absolute atomic E-state index is 0.0525. The Morgan fingerprint density at radius 3 is 2.45 bits per heavy atom. The number of amides is 2. The Hall–Kier alpha value is -3.36. The normalized spacial score (nSPS) is 18.6. The fourth-order valence-electron chi connectivity index (χ4n) is 3.90. The number of ether oxygens (including phenoxy) is 1. The van der Waals surface area contributed by atoms with E-state index in [9.17, 15) is 9.59 Å². The van der Waals surface area contributed by atoms with Crippen molar-refractivity contribution >= 4 is 23.8 Å². The van der Waals surface area contributed by atoms with Gasteiger partial charge < -0.3 is 25.6 Å². The highest BCUT2D eigenvalue weighted by Gasteiger charge is 2.26. The lowest BCUT2D eigenvalue weighted by molar-refractivity contribution is -0.145. The van der Waals surface area contributed by atoms with Crippen LogP contribution in [0.1, 0.15) is 38.2 Å². The van der Waals surface area contributed by atoms with Gasteiger partial charge >= 0.3 is 12.0 Å². The van der Waals surface area contributed by atoms with Crippen LogP contribution in [0.5, 0.6) is 0 Å². The van der Waals surface area contributed by atoms with E-state index in [0.29, 0.717) is 12.4 Å². The van der Waals surface area contributed by atoms with E-state index < -0.39 is 12.0 Å². The van der Waals surface area contributed by atoms with Crippen LogP contribution in [0.3, 0.4) is 0 Å². The van der Waals surface area contributed by atoms with Crippen molar-refractivity contribution < 1.29 is 14.3 Å². The fourth-order valence-corrected chi connectivity index (χ4v) is 3.90.